The molecule has 0 radical (unpaired) electrons. The van der Waals surface area contributed by atoms with Crippen molar-refractivity contribution in [2.24, 2.45) is 5.92 Å². The summed E-state index contributed by atoms with van der Waals surface area (Å²) in [4.78, 5) is 23.6. The van der Waals surface area contributed by atoms with Gasteiger partial charge in [0.25, 0.3) is 5.91 Å². The van der Waals surface area contributed by atoms with E-state index >= 15 is 0 Å². The third-order valence-electron chi connectivity index (χ3n) is 3.25. The van der Waals surface area contributed by atoms with Crippen LogP contribution in [0.1, 0.15) is 16.8 Å². The molecule has 1 aliphatic rings. The van der Waals surface area contributed by atoms with Crippen LogP contribution in [0.15, 0.2) is 36.9 Å². The molecule has 1 aliphatic heterocycles. The van der Waals surface area contributed by atoms with E-state index in [4.69, 9.17) is 0 Å². The smallest absolute Gasteiger partial charge is 0.251 e. The van der Waals surface area contributed by atoms with Crippen molar-refractivity contribution in [3.05, 3.63) is 42.5 Å². The molecule has 1 unspecified atom stereocenters. The average Bonchev–Trinajstić information content (AvgIpc) is 3.00. The van der Waals surface area contributed by atoms with E-state index in [9.17, 15) is 9.59 Å². The van der Waals surface area contributed by atoms with E-state index in [1.807, 2.05) is 0 Å². The number of amides is 2. The largest absolute Gasteiger partial charge is 0.349 e. The zero-order valence-corrected chi connectivity index (χ0v) is 12.5. The Bertz CT molecular complexity index is 496. The molecule has 1 aromatic carbocycles. The van der Waals surface area contributed by atoms with E-state index in [0.717, 1.165) is 19.5 Å². The Balaban J connectivity index is 0.00000220. The zero-order valence-electron chi connectivity index (χ0n) is 11.7. The number of halogens is 1. The molecular weight excluding hydrogens is 290 g/mol. The quantitative estimate of drug-likeness (QED) is 0.723. The van der Waals surface area contributed by atoms with Crippen molar-refractivity contribution in [2.75, 3.05) is 25.0 Å². The van der Waals surface area contributed by atoms with E-state index in [1.165, 1.54) is 0 Å². The summed E-state index contributed by atoms with van der Waals surface area (Å²) in [6.07, 6.45) is 2.50. The maximum Gasteiger partial charge on any atom is 0.251 e. The lowest BCUT2D eigenvalue weighted by molar-refractivity contribution is -0.119. The van der Waals surface area contributed by atoms with Gasteiger partial charge in [-0.25, -0.2) is 0 Å². The van der Waals surface area contributed by atoms with E-state index in [0.29, 0.717) is 17.8 Å². The number of hydrogen-bond donors (Lipinski definition) is 3. The van der Waals surface area contributed by atoms with Crippen LogP contribution in [0.25, 0.3) is 0 Å². The van der Waals surface area contributed by atoms with Gasteiger partial charge in [0.15, 0.2) is 0 Å². The van der Waals surface area contributed by atoms with Crippen LogP contribution in [-0.4, -0.2) is 31.4 Å². The fraction of sp³-hybridized carbons (Fsp3) is 0.333. The minimum atomic E-state index is -0.150. The zero-order chi connectivity index (χ0) is 14.4. The monoisotopic (exact) mass is 309 g/mol. The van der Waals surface area contributed by atoms with Crippen LogP contribution in [-0.2, 0) is 4.79 Å². The number of carbonyl (C=O) groups excluding carboxylic acids is 2. The van der Waals surface area contributed by atoms with Crippen molar-refractivity contribution in [1.82, 2.24) is 10.6 Å². The van der Waals surface area contributed by atoms with Crippen molar-refractivity contribution in [3.8, 4) is 0 Å². The summed E-state index contributed by atoms with van der Waals surface area (Å²) in [5.74, 6) is -0.0906. The minimum absolute atomic E-state index is 0. The molecule has 1 aromatic rings. The molecule has 114 valence electrons. The van der Waals surface area contributed by atoms with Gasteiger partial charge in [-0.15, -0.1) is 19.0 Å². The number of nitrogens with one attached hydrogen (secondary N) is 3. The van der Waals surface area contributed by atoms with Crippen molar-refractivity contribution >= 4 is 29.9 Å². The molecule has 1 heterocycles. The van der Waals surface area contributed by atoms with E-state index in [-0.39, 0.29) is 30.1 Å². The maximum absolute atomic E-state index is 11.9. The molecule has 1 saturated heterocycles. The minimum Gasteiger partial charge on any atom is -0.349 e. The van der Waals surface area contributed by atoms with Gasteiger partial charge in [0.05, 0.1) is 5.92 Å². The first-order valence-corrected chi connectivity index (χ1v) is 6.71. The molecule has 0 aromatic heterocycles. The molecule has 0 spiro atoms. The average molecular weight is 310 g/mol. The highest BCUT2D eigenvalue weighted by Crippen LogP contribution is 2.14. The molecule has 0 aliphatic carbocycles. The number of carbonyl (C=O) groups is 2. The summed E-state index contributed by atoms with van der Waals surface area (Å²) in [7, 11) is 0. The number of benzene rings is 1. The summed E-state index contributed by atoms with van der Waals surface area (Å²) in [5, 5.41) is 8.73. The Morgan fingerprint density at radius 3 is 2.62 bits per heavy atom. The first kappa shape index (κ1) is 17.2. The predicted molar refractivity (Wildman–Crippen MR) is 85.8 cm³/mol. The second kappa shape index (κ2) is 8.44. The third-order valence-corrected chi connectivity index (χ3v) is 3.25. The molecule has 0 bridgehead atoms. The Labute approximate surface area is 130 Å². The van der Waals surface area contributed by atoms with Crippen molar-refractivity contribution in [1.29, 1.82) is 0 Å². The van der Waals surface area contributed by atoms with E-state index < -0.39 is 0 Å². The second-order valence-electron chi connectivity index (χ2n) is 4.76. The van der Waals surface area contributed by atoms with Crippen molar-refractivity contribution in [3.63, 3.8) is 0 Å². The lowest BCUT2D eigenvalue weighted by Crippen LogP contribution is -2.25. The van der Waals surface area contributed by atoms with Gasteiger partial charge in [0.1, 0.15) is 0 Å². The highest BCUT2D eigenvalue weighted by Gasteiger charge is 2.22. The first-order valence-electron chi connectivity index (χ1n) is 6.71. The van der Waals surface area contributed by atoms with Crippen LogP contribution in [0.5, 0.6) is 0 Å². The second-order valence-corrected chi connectivity index (χ2v) is 4.76. The number of anilines is 1. The fourth-order valence-corrected chi connectivity index (χ4v) is 2.09. The summed E-state index contributed by atoms with van der Waals surface area (Å²) in [5.41, 5.74) is 1.27. The number of hydrogen-bond acceptors (Lipinski definition) is 3. The lowest BCUT2D eigenvalue weighted by atomic mass is 10.1. The van der Waals surface area contributed by atoms with E-state index in [1.54, 1.807) is 30.3 Å². The first-order chi connectivity index (χ1) is 9.70. The molecule has 0 saturated carbocycles. The molecule has 6 heteroatoms. The van der Waals surface area contributed by atoms with Crippen molar-refractivity contribution < 1.29 is 9.59 Å². The van der Waals surface area contributed by atoms with E-state index in [2.05, 4.69) is 22.5 Å². The summed E-state index contributed by atoms with van der Waals surface area (Å²) in [6, 6.07) is 6.87. The SMILES string of the molecule is C=CCNC(=O)c1ccc(NC(=O)C2CCNC2)cc1.Cl. The van der Waals surface area contributed by atoms with Crippen LogP contribution in [0, 0.1) is 5.92 Å². The molecule has 1 atom stereocenters. The van der Waals surface area contributed by atoms with Crippen LogP contribution in [0.2, 0.25) is 0 Å². The highest BCUT2D eigenvalue weighted by molar-refractivity contribution is 5.96. The number of rotatable bonds is 5. The summed E-state index contributed by atoms with van der Waals surface area (Å²) in [6.45, 7) is 5.60. The standard InChI is InChI=1S/C15H19N3O2.ClH/c1-2-8-17-14(19)11-3-5-13(6-4-11)18-15(20)12-7-9-16-10-12;/h2-6,12,16H,1,7-10H2,(H,17,19)(H,18,20);1H. The molecule has 2 rings (SSSR count). The van der Waals surface area contributed by atoms with Gasteiger partial charge < -0.3 is 16.0 Å². The topological polar surface area (TPSA) is 70.2 Å². The summed E-state index contributed by atoms with van der Waals surface area (Å²) < 4.78 is 0. The normalized spacial score (nSPS) is 16.7. The molecular formula is C15H20ClN3O2. The molecule has 5 nitrogen and oxygen atoms in total. The Kier molecular flexibility index (Phi) is 6.91. The van der Waals surface area contributed by atoms with Gasteiger partial charge >= 0.3 is 0 Å². The molecule has 2 amide bonds. The van der Waals surface area contributed by atoms with Crippen LogP contribution in [0.4, 0.5) is 5.69 Å². The maximum atomic E-state index is 11.9. The van der Waals surface area contributed by atoms with Gasteiger partial charge in [-0.2, -0.15) is 0 Å². The Morgan fingerprint density at radius 2 is 2.05 bits per heavy atom. The van der Waals surface area contributed by atoms with Crippen LogP contribution in [0.3, 0.4) is 0 Å². The Hall–Kier alpha value is -1.85. The third kappa shape index (κ3) is 4.88. The predicted octanol–water partition coefficient (Wildman–Crippen LogP) is 1.57. The molecule has 3 N–H and O–H groups in total. The Morgan fingerprint density at radius 1 is 1.33 bits per heavy atom. The lowest BCUT2D eigenvalue weighted by Gasteiger charge is -2.10. The van der Waals surface area contributed by atoms with Crippen LogP contribution >= 0.6 is 12.4 Å². The van der Waals surface area contributed by atoms with Crippen LogP contribution < -0.4 is 16.0 Å². The van der Waals surface area contributed by atoms with Gasteiger partial charge in [-0.1, -0.05) is 6.08 Å². The molecule has 1 fully saturated rings. The van der Waals surface area contributed by atoms with Crippen molar-refractivity contribution in [2.45, 2.75) is 6.42 Å². The van der Waals surface area contributed by atoms with Gasteiger partial charge in [0, 0.05) is 24.3 Å². The highest BCUT2D eigenvalue weighted by atomic mass is 35.5. The summed E-state index contributed by atoms with van der Waals surface area (Å²) >= 11 is 0. The molecule has 21 heavy (non-hydrogen) atoms. The van der Waals surface area contributed by atoms with Gasteiger partial charge in [-0.05, 0) is 37.2 Å². The fourth-order valence-electron chi connectivity index (χ4n) is 2.09. The van der Waals surface area contributed by atoms with Gasteiger partial charge in [0.2, 0.25) is 5.91 Å². The van der Waals surface area contributed by atoms with Gasteiger partial charge in [-0.3, -0.25) is 9.59 Å².